The summed E-state index contributed by atoms with van der Waals surface area (Å²) in [5, 5.41) is 3.17. The molecule has 1 N–H and O–H groups in total. The summed E-state index contributed by atoms with van der Waals surface area (Å²) in [5.41, 5.74) is 0. The van der Waals surface area contributed by atoms with Gasteiger partial charge < -0.3 is 15.1 Å². The molecule has 6 nitrogen and oxygen atoms in total. The summed E-state index contributed by atoms with van der Waals surface area (Å²) in [6, 6.07) is 0.421. The molecule has 2 heterocycles. The van der Waals surface area contributed by atoms with Gasteiger partial charge in [0, 0.05) is 58.3 Å². The van der Waals surface area contributed by atoms with Crippen LogP contribution in [0.4, 0.5) is 0 Å². The van der Waals surface area contributed by atoms with Crippen LogP contribution in [-0.4, -0.2) is 84.9 Å². The van der Waals surface area contributed by atoms with E-state index in [1.54, 1.807) is 0 Å². The predicted molar refractivity (Wildman–Crippen MR) is 103 cm³/mol. The second kappa shape index (κ2) is 10.3. The molecule has 1 saturated carbocycles. The van der Waals surface area contributed by atoms with E-state index in [0.29, 0.717) is 24.9 Å². The van der Waals surface area contributed by atoms with Crippen molar-refractivity contribution < 1.29 is 9.59 Å². The number of hydrogen-bond acceptors (Lipinski definition) is 4. The first-order valence-electron chi connectivity index (χ1n) is 10.7. The number of amides is 2. The van der Waals surface area contributed by atoms with Crippen LogP contribution in [0.2, 0.25) is 0 Å². The van der Waals surface area contributed by atoms with Crippen molar-refractivity contribution in [1.29, 1.82) is 0 Å². The van der Waals surface area contributed by atoms with Crippen molar-refractivity contribution in [3.63, 3.8) is 0 Å². The smallest absolute Gasteiger partial charge is 0.236 e. The van der Waals surface area contributed by atoms with Gasteiger partial charge in [0.1, 0.15) is 0 Å². The summed E-state index contributed by atoms with van der Waals surface area (Å²) in [5.74, 6) is 0.506. The van der Waals surface area contributed by atoms with Crippen LogP contribution in [0.5, 0.6) is 0 Å². The second-order valence-electron chi connectivity index (χ2n) is 8.21. The topological polar surface area (TPSA) is 55.9 Å². The molecule has 0 spiro atoms. The molecule has 3 rings (SSSR count). The number of carbonyl (C=O) groups is 2. The van der Waals surface area contributed by atoms with E-state index in [0.717, 1.165) is 71.5 Å². The fourth-order valence-electron chi connectivity index (χ4n) is 4.41. The molecule has 3 fully saturated rings. The van der Waals surface area contributed by atoms with Crippen molar-refractivity contribution in [2.24, 2.45) is 0 Å². The molecule has 148 valence electrons. The molecule has 0 atom stereocenters. The van der Waals surface area contributed by atoms with Gasteiger partial charge in [0.25, 0.3) is 0 Å². The van der Waals surface area contributed by atoms with E-state index in [1.807, 2.05) is 0 Å². The second-order valence-corrected chi connectivity index (χ2v) is 8.21. The van der Waals surface area contributed by atoms with Gasteiger partial charge in [0.15, 0.2) is 0 Å². The molecule has 0 bridgehead atoms. The van der Waals surface area contributed by atoms with Crippen LogP contribution < -0.4 is 5.32 Å². The number of nitrogens with one attached hydrogen (secondary N) is 1. The van der Waals surface area contributed by atoms with Crippen molar-refractivity contribution in [1.82, 2.24) is 20.0 Å². The quantitative estimate of drug-likeness (QED) is 0.775. The van der Waals surface area contributed by atoms with E-state index in [2.05, 4.69) is 20.0 Å². The highest BCUT2D eigenvalue weighted by Gasteiger charge is 2.23. The molecule has 0 unspecified atom stereocenters. The van der Waals surface area contributed by atoms with Crippen LogP contribution in [0.15, 0.2) is 0 Å². The molecule has 0 aromatic rings. The summed E-state index contributed by atoms with van der Waals surface area (Å²) < 4.78 is 0. The Morgan fingerprint density at radius 2 is 1.38 bits per heavy atom. The van der Waals surface area contributed by atoms with Crippen LogP contribution in [0.1, 0.15) is 57.8 Å². The van der Waals surface area contributed by atoms with E-state index in [1.165, 1.54) is 25.7 Å². The van der Waals surface area contributed by atoms with E-state index in [-0.39, 0.29) is 5.91 Å². The highest BCUT2D eigenvalue weighted by molar-refractivity contribution is 5.78. The first-order chi connectivity index (χ1) is 12.7. The molecule has 0 aromatic heterocycles. The zero-order chi connectivity index (χ0) is 18.2. The predicted octanol–water partition coefficient (Wildman–Crippen LogP) is 1.46. The molecule has 2 aliphatic heterocycles. The molecule has 2 amide bonds. The molecule has 2 saturated heterocycles. The maximum Gasteiger partial charge on any atom is 0.236 e. The lowest BCUT2D eigenvalue weighted by Gasteiger charge is -2.35. The SMILES string of the molecule is O=C(CCN1CCN(CC(=O)N2CCCCCC2)CC1)NC1CCCC1. The van der Waals surface area contributed by atoms with Crippen molar-refractivity contribution >= 4 is 11.8 Å². The Morgan fingerprint density at radius 1 is 0.769 bits per heavy atom. The summed E-state index contributed by atoms with van der Waals surface area (Å²) >= 11 is 0. The maximum absolute atomic E-state index is 12.5. The fourth-order valence-corrected chi connectivity index (χ4v) is 4.41. The Kier molecular flexibility index (Phi) is 7.74. The third-order valence-electron chi connectivity index (χ3n) is 6.16. The molecule has 0 aromatic carbocycles. The summed E-state index contributed by atoms with van der Waals surface area (Å²) in [6.45, 7) is 7.08. The minimum absolute atomic E-state index is 0.204. The first kappa shape index (κ1) is 19.6. The van der Waals surface area contributed by atoms with Gasteiger partial charge in [-0.2, -0.15) is 0 Å². The van der Waals surface area contributed by atoms with Gasteiger partial charge in [-0.25, -0.2) is 0 Å². The van der Waals surface area contributed by atoms with Crippen LogP contribution in [-0.2, 0) is 9.59 Å². The molecule has 1 aliphatic carbocycles. The standard InChI is InChI=1S/C20H36N4O2/c25-19(21-18-7-3-4-8-18)9-12-22-13-15-23(16-14-22)17-20(26)24-10-5-1-2-6-11-24/h18H,1-17H2,(H,21,25). The Labute approximate surface area is 158 Å². The number of piperazine rings is 1. The molecular formula is C20H36N4O2. The maximum atomic E-state index is 12.5. The number of carbonyl (C=O) groups excluding carboxylic acids is 2. The normalized spacial score (nSPS) is 23.8. The number of nitrogens with zero attached hydrogens (tertiary/aromatic N) is 3. The first-order valence-corrected chi connectivity index (χ1v) is 10.7. The Morgan fingerprint density at radius 3 is 2.04 bits per heavy atom. The summed E-state index contributed by atoms with van der Waals surface area (Å²) in [7, 11) is 0. The van der Waals surface area contributed by atoms with Crippen molar-refractivity contribution in [2.45, 2.75) is 63.8 Å². The highest BCUT2D eigenvalue weighted by Crippen LogP contribution is 2.17. The monoisotopic (exact) mass is 364 g/mol. The van der Waals surface area contributed by atoms with Crippen molar-refractivity contribution in [3.8, 4) is 0 Å². The number of hydrogen-bond donors (Lipinski definition) is 1. The average Bonchev–Trinajstić information content (AvgIpc) is 3.00. The Balaban J connectivity index is 1.29. The lowest BCUT2D eigenvalue weighted by Crippen LogP contribution is -2.50. The fraction of sp³-hybridized carbons (Fsp3) is 0.900. The molecule has 6 heteroatoms. The van der Waals surface area contributed by atoms with Gasteiger partial charge in [0.05, 0.1) is 6.54 Å². The summed E-state index contributed by atoms with van der Waals surface area (Å²) in [6.07, 6.45) is 10.2. The van der Waals surface area contributed by atoms with E-state index in [4.69, 9.17) is 0 Å². The highest BCUT2D eigenvalue weighted by atomic mass is 16.2. The average molecular weight is 365 g/mol. The largest absolute Gasteiger partial charge is 0.353 e. The van der Waals surface area contributed by atoms with E-state index in [9.17, 15) is 9.59 Å². The number of rotatable bonds is 6. The van der Waals surface area contributed by atoms with Gasteiger partial charge in [0.2, 0.25) is 11.8 Å². The van der Waals surface area contributed by atoms with Gasteiger partial charge >= 0.3 is 0 Å². The van der Waals surface area contributed by atoms with E-state index < -0.39 is 0 Å². The molecule has 3 aliphatic rings. The van der Waals surface area contributed by atoms with Gasteiger partial charge in [-0.1, -0.05) is 25.7 Å². The van der Waals surface area contributed by atoms with Crippen LogP contribution >= 0.6 is 0 Å². The molecule has 0 radical (unpaired) electrons. The minimum atomic E-state index is 0.204. The van der Waals surface area contributed by atoms with Gasteiger partial charge in [-0.05, 0) is 25.7 Å². The molecule has 26 heavy (non-hydrogen) atoms. The third kappa shape index (κ3) is 6.23. The van der Waals surface area contributed by atoms with Crippen LogP contribution in [0, 0.1) is 0 Å². The molecular weight excluding hydrogens is 328 g/mol. The van der Waals surface area contributed by atoms with Crippen LogP contribution in [0.25, 0.3) is 0 Å². The lowest BCUT2D eigenvalue weighted by molar-refractivity contribution is -0.132. The summed E-state index contributed by atoms with van der Waals surface area (Å²) in [4.78, 5) is 31.3. The van der Waals surface area contributed by atoms with Gasteiger partial charge in [-0.15, -0.1) is 0 Å². The zero-order valence-electron chi connectivity index (χ0n) is 16.3. The van der Waals surface area contributed by atoms with Gasteiger partial charge in [-0.3, -0.25) is 14.5 Å². The van der Waals surface area contributed by atoms with Crippen molar-refractivity contribution in [2.75, 3.05) is 52.4 Å². The Hall–Kier alpha value is -1.14. The number of likely N-dealkylation sites (tertiary alicyclic amines) is 1. The van der Waals surface area contributed by atoms with Crippen LogP contribution in [0.3, 0.4) is 0 Å². The Bertz CT molecular complexity index is 449. The minimum Gasteiger partial charge on any atom is -0.353 e. The van der Waals surface area contributed by atoms with E-state index >= 15 is 0 Å². The lowest BCUT2D eigenvalue weighted by atomic mass is 10.2. The third-order valence-corrected chi connectivity index (χ3v) is 6.16. The van der Waals surface area contributed by atoms with Crippen molar-refractivity contribution in [3.05, 3.63) is 0 Å². The zero-order valence-corrected chi connectivity index (χ0v) is 16.3.